The van der Waals surface area contributed by atoms with Gasteiger partial charge in [0.15, 0.2) is 15.2 Å². The number of alkyl halides is 3. The SMILES string of the molecule is O=C1CS(=O)(=O)[C@H](c2ccc(Cl)cc2)N1c1cccc(C(F)(F)F)c1. The zero-order valence-electron chi connectivity index (χ0n) is 12.5. The minimum atomic E-state index is -4.60. The zero-order chi connectivity index (χ0) is 18.4. The van der Waals surface area contributed by atoms with Crippen LogP contribution in [0.2, 0.25) is 5.02 Å². The fourth-order valence-electron chi connectivity index (χ4n) is 2.71. The van der Waals surface area contributed by atoms with Crippen LogP contribution in [0.25, 0.3) is 0 Å². The predicted octanol–water partition coefficient (Wildman–Crippen LogP) is 3.82. The van der Waals surface area contributed by atoms with Gasteiger partial charge in [-0.2, -0.15) is 13.2 Å². The molecular weight excluding hydrogens is 379 g/mol. The number of benzene rings is 2. The van der Waals surface area contributed by atoms with E-state index in [1.807, 2.05) is 0 Å². The van der Waals surface area contributed by atoms with Crippen molar-refractivity contribution < 1.29 is 26.4 Å². The first-order valence-corrected chi connectivity index (χ1v) is 9.15. The highest BCUT2D eigenvalue weighted by atomic mass is 35.5. The van der Waals surface area contributed by atoms with E-state index < -0.39 is 38.6 Å². The number of amides is 1. The number of carbonyl (C=O) groups excluding carboxylic acids is 1. The van der Waals surface area contributed by atoms with Crippen LogP contribution in [0.3, 0.4) is 0 Å². The van der Waals surface area contributed by atoms with Gasteiger partial charge < -0.3 is 0 Å². The van der Waals surface area contributed by atoms with Crippen molar-refractivity contribution in [2.45, 2.75) is 11.6 Å². The highest BCUT2D eigenvalue weighted by Gasteiger charge is 2.46. The summed E-state index contributed by atoms with van der Waals surface area (Å²) >= 11 is 5.79. The van der Waals surface area contributed by atoms with E-state index in [2.05, 4.69) is 0 Å². The maximum atomic E-state index is 12.9. The lowest BCUT2D eigenvalue weighted by molar-refractivity contribution is -0.137. The average Bonchev–Trinajstić information content (AvgIpc) is 2.76. The lowest BCUT2D eigenvalue weighted by Crippen LogP contribution is -2.29. The van der Waals surface area contributed by atoms with Crippen LogP contribution in [0.15, 0.2) is 48.5 Å². The van der Waals surface area contributed by atoms with Gasteiger partial charge in [-0.3, -0.25) is 9.69 Å². The number of halogens is 4. The number of carbonyl (C=O) groups is 1. The molecule has 0 unspecified atom stereocenters. The van der Waals surface area contributed by atoms with Gasteiger partial charge in [0.1, 0.15) is 5.75 Å². The predicted molar refractivity (Wildman–Crippen MR) is 86.9 cm³/mol. The first-order chi connectivity index (χ1) is 11.6. The summed E-state index contributed by atoms with van der Waals surface area (Å²) in [6.45, 7) is 0. The van der Waals surface area contributed by atoms with E-state index in [9.17, 15) is 26.4 Å². The normalized spacial score (nSPS) is 20.1. The van der Waals surface area contributed by atoms with E-state index in [4.69, 9.17) is 11.6 Å². The molecule has 1 atom stereocenters. The molecule has 0 aliphatic carbocycles. The molecule has 3 rings (SSSR count). The second kappa shape index (κ2) is 6.03. The van der Waals surface area contributed by atoms with Crippen LogP contribution in [0.4, 0.5) is 18.9 Å². The van der Waals surface area contributed by atoms with Gasteiger partial charge in [-0.1, -0.05) is 29.8 Å². The van der Waals surface area contributed by atoms with E-state index in [1.165, 1.54) is 30.3 Å². The third kappa shape index (κ3) is 3.36. The Morgan fingerprint density at radius 2 is 1.72 bits per heavy atom. The second-order valence-electron chi connectivity index (χ2n) is 5.52. The van der Waals surface area contributed by atoms with Crippen molar-refractivity contribution in [1.29, 1.82) is 0 Å². The Bertz CT molecular complexity index is 926. The summed E-state index contributed by atoms with van der Waals surface area (Å²) in [4.78, 5) is 13.1. The van der Waals surface area contributed by atoms with Crippen molar-refractivity contribution in [3.8, 4) is 0 Å². The van der Waals surface area contributed by atoms with Crippen molar-refractivity contribution in [3.63, 3.8) is 0 Å². The molecule has 0 aromatic heterocycles. The molecule has 1 heterocycles. The summed E-state index contributed by atoms with van der Waals surface area (Å²) in [6, 6.07) is 9.82. The first kappa shape index (κ1) is 17.8. The first-order valence-electron chi connectivity index (χ1n) is 7.06. The molecule has 1 amide bonds. The summed E-state index contributed by atoms with van der Waals surface area (Å²) in [5.41, 5.74) is -0.828. The van der Waals surface area contributed by atoms with E-state index in [0.29, 0.717) is 5.02 Å². The van der Waals surface area contributed by atoms with Crippen molar-refractivity contribution in [2.24, 2.45) is 0 Å². The van der Waals surface area contributed by atoms with Crippen molar-refractivity contribution in [1.82, 2.24) is 0 Å². The van der Waals surface area contributed by atoms with Crippen molar-refractivity contribution in [3.05, 3.63) is 64.7 Å². The quantitative estimate of drug-likeness (QED) is 0.784. The molecule has 2 aromatic carbocycles. The summed E-state index contributed by atoms with van der Waals surface area (Å²) in [7, 11) is -3.90. The van der Waals surface area contributed by atoms with Crippen LogP contribution < -0.4 is 4.90 Å². The highest BCUT2D eigenvalue weighted by Crippen LogP contribution is 2.39. The second-order valence-corrected chi connectivity index (χ2v) is 8.02. The van der Waals surface area contributed by atoms with Crippen LogP contribution in [0, 0.1) is 0 Å². The van der Waals surface area contributed by atoms with Gasteiger partial charge in [0.25, 0.3) is 0 Å². The zero-order valence-corrected chi connectivity index (χ0v) is 14.1. The number of nitrogens with zero attached hydrogens (tertiary/aromatic N) is 1. The number of anilines is 1. The lowest BCUT2D eigenvalue weighted by atomic mass is 10.1. The molecule has 2 aromatic rings. The topological polar surface area (TPSA) is 54.5 Å². The van der Waals surface area contributed by atoms with Gasteiger partial charge >= 0.3 is 6.18 Å². The van der Waals surface area contributed by atoms with Crippen LogP contribution in [-0.2, 0) is 20.8 Å². The number of hydrogen-bond donors (Lipinski definition) is 0. The summed E-state index contributed by atoms with van der Waals surface area (Å²) < 4.78 is 63.6. The molecule has 1 aliphatic rings. The Morgan fingerprint density at radius 3 is 2.32 bits per heavy atom. The van der Waals surface area contributed by atoms with Gasteiger partial charge in [0, 0.05) is 10.7 Å². The maximum absolute atomic E-state index is 12.9. The lowest BCUT2D eigenvalue weighted by Gasteiger charge is -2.24. The van der Waals surface area contributed by atoms with Gasteiger partial charge in [0.2, 0.25) is 5.91 Å². The Labute approximate surface area is 146 Å². The molecule has 0 bridgehead atoms. The molecule has 132 valence electrons. The Balaban J connectivity index is 2.13. The third-order valence-corrected chi connectivity index (χ3v) is 5.84. The Hall–Kier alpha value is -2.06. The summed E-state index contributed by atoms with van der Waals surface area (Å²) in [5, 5.41) is -1.02. The smallest absolute Gasteiger partial charge is 0.290 e. The minimum Gasteiger partial charge on any atom is -0.290 e. The van der Waals surface area contributed by atoms with Crippen LogP contribution in [-0.4, -0.2) is 20.1 Å². The molecular formula is C16H11ClF3NO3S. The largest absolute Gasteiger partial charge is 0.416 e. The van der Waals surface area contributed by atoms with E-state index in [0.717, 1.165) is 23.1 Å². The van der Waals surface area contributed by atoms with Crippen LogP contribution >= 0.6 is 11.6 Å². The molecule has 4 nitrogen and oxygen atoms in total. The van der Waals surface area contributed by atoms with Crippen LogP contribution in [0.1, 0.15) is 16.5 Å². The molecule has 1 fully saturated rings. The molecule has 25 heavy (non-hydrogen) atoms. The van der Waals surface area contributed by atoms with Crippen LogP contribution in [0.5, 0.6) is 0 Å². The molecule has 0 N–H and O–H groups in total. The molecule has 0 saturated carbocycles. The fourth-order valence-corrected chi connectivity index (χ4v) is 4.61. The Morgan fingerprint density at radius 1 is 1.08 bits per heavy atom. The van der Waals surface area contributed by atoms with Crippen molar-refractivity contribution in [2.75, 3.05) is 10.7 Å². The van der Waals surface area contributed by atoms with Gasteiger partial charge in [-0.05, 0) is 35.9 Å². The molecule has 1 aliphatic heterocycles. The minimum absolute atomic E-state index is 0.124. The maximum Gasteiger partial charge on any atom is 0.416 e. The third-order valence-electron chi connectivity index (χ3n) is 3.77. The molecule has 0 spiro atoms. The van der Waals surface area contributed by atoms with E-state index in [1.54, 1.807) is 0 Å². The Kier molecular flexibility index (Phi) is 4.28. The molecule has 1 saturated heterocycles. The average molecular weight is 390 g/mol. The van der Waals surface area contributed by atoms with E-state index >= 15 is 0 Å². The van der Waals surface area contributed by atoms with Gasteiger partial charge in [-0.25, -0.2) is 8.42 Å². The number of hydrogen-bond acceptors (Lipinski definition) is 3. The number of rotatable bonds is 2. The molecule has 0 radical (unpaired) electrons. The van der Waals surface area contributed by atoms with Gasteiger partial charge in [-0.15, -0.1) is 0 Å². The summed E-state index contributed by atoms with van der Waals surface area (Å²) in [5.74, 6) is -1.55. The molecule has 9 heteroatoms. The fraction of sp³-hybridized carbons (Fsp3) is 0.188. The highest BCUT2D eigenvalue weighted by molar-refractivity contribution is 7.93. The monoisotopic (exact) mass is 389 g/mol. The number of sulfone groups is 1. The summed E-state index contributed by atoms with van der Waals surface area (Å²) in [6.07, 6.45) is -4.60. The van der Waals surface area contributed by atoms with E-state index in [-0.39, 0.29) is 11.3 Å². The standard InChI is InChI=1S/C16H11ClF3NO3S/c17-12-6-4-10(5-7-12)15-21(14(22)9-25(15,23)24)13-3-1-2-11(8-13)16(18,19)20/h1-8,15H,9H2/t15-/m1/s1. The van der Waals surface area contributed by atoms with Gasteiger partial charge in [0.05, 0.1) is 5.56 Å². The van der Waals surface area contributed by atoms with Crippen molar-refractivity contribution >= 4 is 33.0 Å².